The van der Waals surface area contributed by atoms with Gasteiger partial charge in [0.05, 0.1) is 30.0 Å². The summed E-state index contributed by atoms with van der Waals surface area (Å²) in [5.74, 6) is 1.33. The average molecular weight is 320 g/mol. The third-order valence-corrected chi connectivity index (χ3v) is 2.13. The fourth-order valence-corrected chi connectivity index (χ4v) is 1.40. The highest BCUT2D eigenvalue weighted by Gasteiger charge is 2.09. The molecule has 0 amide bonds. The lowest BCUT2D eigenvalue weighted by molar-refractivity contribution is 0.397. The van der Waals surface area contributed by atoms with Crippen molar-refractivity contribution in [3.8, 4) is 5.88 Å². The smallest absolute Gasteiger partial charge is 0.213 e. The van der Waals surface area contributed by atoms with Crippen LogP contribution in [0.2, 0.25) is 0 Å². The molecule has 0 unspecified atom stereocenters. The predicted molar refractivity (Wildman–Crippen MR) is 68.2 cm³/mol. The number of nitrogens with one attached hydrogen (secondary N) is 1. The molecule has 0 saturated carbocycles. The van der Waals surface area contributed by atoms with Gasteiger partial charge < -0.3 is 10.2 Å². The van der Waals surface area contributed by atoms with Crippen LogP contribution in [-0.4, -0.2) is 35.1 Å². The van der Waals surface area contributed by atoms with Crippen molar-refractivity contribution in [1.29, 1.82) is 0 Å². The lowest BCUT2D eigenvalue weighted by Crippen LogP contribution is -2.21. The van der Waals surface area contributed by atoms with Gasteiger partial charge in [-0.2, -0.15) is 5.10 Å². The molecular formula is C9H13IN4O. The highest BCUT2D eigenvalue weighted by atomic mass is 127. The second-order valence-electron chi connectivity index (χ2n) is 2.70. The second-order valence-corrected chi connectivity index (χ2v) is 4.15. The lowest BCUT2D eigenvalue weighted by atomic mass is 10.3. The summed E-state index contributed by atoms with van der Waals surface area (Å²) in [5, 5.41) is 4.14. The van der Waals surface area contributed by atoms with Gasteiger partial charge in [-0.1, -0.05) is 6.07 Å². The highest BCUT2D eigenvalue weighted by molar-refractivity contribution is 14.1. The maximum absolute atomic E-state index is 5.06. The minimum Gasteiger partial charge on any atom is -0.481 e. The SMILES string of the molecule is CN/N=C(/c1cccc(OC)n1)N(C)I. The van der Waals surface area contributed by atoms with Gasteiger partial charge in [-0.05, 0) is 6.07 Å². The van der Waals surface area contributed by atoms with Crippen molar-refractivity contribution in [3.05, 3.63) is 23.9 Å². The number of rotatable bonds is 3. The fourth-order valence-electron chi connectivity index (χ4n) is 1.04. The van der Waals surface area contributed by atoms with E-state index in [1.165, 1.54) is 0 Å². The standard InChI is InChI=1S/C9H13IN4O/c1-11-13-9(14(2)10)7-5-4-6-8(12-7)15-3/h4-6,11H,1-3H3/b13-9-. The van der Waals surface area contributed by atoms with E-state index in [0.29, 0.717) is 5.88 Å². The van der Waals surface area contributed by atoms with Gasteiger partial charge >= 0.3 is 0 Å². The topological polar surface area (TPSA) is 49.8 Å². The predicted octanol–water partition coefficient (Wildman–Crippen LogP) is 1.25. The molecule has 0 aromatic carbocycles. The van der Waals surface area contributed by atoms with Crippen molar-refractivity contribution >= 4 is 28.7 Å². The Kier molecular flexibility index (Phi) is 4.60. The van der Waals surface area contributed by atoms with E-state index in [1.807, 2.05) is 22.3 Å². The number of nitrogens with zero attached hydrogens (tertiary/aromatic N) is 3. The number of hydrazone groups is 1. The monoisotopic (exact) mass is 320 g/mol. The molecule has 1 aromatic heterocycles. The van der Waals surface area contributed by atoms with Crippen molar-refractivity contribution in [1.82, 2.24) is 13.5 Å². The van der Waals surface area contributed by atoms with Gasteiger partial charge in [-0.15, -0.1) is 0 Å². The summed E-state index contributed by atoms with van der Waals surface area (Å²) in [6, 6.07) is 5.56. The van der Waals surface area contributed by atoms with E-state index in [0.717, 1.165) is 11.5 Å². The minimum absolute atomic E-state index is 0.578. The van der Waals surface area contributed by atoms with Gasteiger partial charge in [0.25, 0.3) is 0 Å². The van der Waals surface area contributed by atoms with Crippen molar-refractivity contribution in [2.45, 2.75) is 0 Å². The molecule has 0 radical (unpaired) electrons. The van der Waals surface area contributed by atoms with Crippen LogP contribution < -0.4 is 10.2 Å². The molecule has 15 heavy (non-hydrogen) atoms. The molecule has 0 aliphatic rings. The summed E-state index contributed by atoms with van der Waals surface area (Å²) in [6.07, 6.45) is 0. The number of methoxy groups -OCH3 is 1. The first-order valence-electron chi connectivity index (χ1n) is 4.34. The molecule has 0 fully saturated rings. The Morgan fingerprint density at radius 1 is 1.60 bits per heavy atom. The number of hydrogen-bond donors (Lipinski definition) is 1. The van der Waals surface area contributed by atoms with E-state index in [-0.39, 0.29) is 0 Å². The Hall–Kier alpha value is -1.05. The van der Waals surface area contributed by atoms with Gasteiger partial charge in [-0.3, -0.25) is 3.11 Å². The molecule has 82 valence electrons. The zero-order valence-corrected chi connectivity index (χ0v) is 11.0. The van der Waals surface area contributed by atoms with Gasteiger partial charge in [0.2, 0.25) is 5.88 Å². The lowest BCUT2D eigenvalue weighted by Gasteiger charge is -2.12. The van der Waals surface area contributed by atoms with E-state index in [4.69, 9.17) is 4.74 Å². The second kappa shape index (κ2) is 5.74. The van der Waals surface area contributed by atoms with E-state index < -0.39 is 0 Å². The summed E-state index contributed by atoms with van der Waals surface area (Å²) in [4.78, 5) is 4.29. The first kappa shape index (κ1) is 12.0. The van der Waals surface area contributed by atoms with Crippen LogP contribution in [0.3, 0.4) is 0 Å². The van der Waals surface area contributed by atoms with Crippen LogP contribution in [0.1, 0.15) is 5.69 Å². The van der Waals surface area contributed by atoms with E-state index in [9.17, 15) is 0 Å². The van der Waals surface area contributed by atoms with E-state index in [2.05, 4.69) is 38.4 Å². The van der Waals surface area contributed by atoms with Gasteiger partial charge in [-0.25, -0.2) is 4.98 Å². The molecule has 1 rings (SSSR count). The van der Waals surface area contributed by atoms with Crippen LogP contribution in [0, 0.1) is 0 Å². The first-order valence-corrected chi connectivity index (χ1v) is 5.31. The number of hydrogen-bond acceptors (Lipinski definition) is 4. The number of pyridine rings is 1. The number of ether oxygens (including phenoxy) is 1. The largest absolute Gasteiger partial charge is 0.481 e. The van der Waals surface area contributed by atoms with E-state index in [1.54, 1.807) is 20.2 Å². The third-order valence-electron chi connectivity index (χ3n) is 1.67. The number of halogens is 1. The zero-order chi connectivity index (χ0) is 11.3. The Bertz CT molecular complexity index is 354. The van der Waals surface area contributed by atoms with Crippen LogP contribution in [0.15, 0.2) is 23.3 Å². The molecule has 5 nitrogen and oxygen atoms in total. The molecule has 0 bridgehead atoms. The van der Waals surface area contributed by atoms with E-state index >= 15 is 0 Å². The first-order chi connectivity index (χ1) is 7.19. The molecule has 1 N–H and O–H groups in total. The normalized spacial score (nSPS) is 11.1. The Morgan fingerprint density at radius 3 is 2.87 bits per heavy atom. The van der Waals surface area contributed by atoms with Crippen LogP contribution in [0.5, 0.6) is 5.88 Å². The average Bonchev–Trinajstić information content (AvgIpc) is 2.25. The molecule has 0 aliphatic carbocycles. The summed E-state index contributed by atoms with van der Waals surface area (Å²) in [6.45, 7) is 0. The third kappa shape index (κ3) is 3.22. The molecule has 0 aliphatic heterocycles. The maximum atomic E-state index is 5.06. The molecule has 0 spiro atoms. The number of amidine groups is 1. The molecular weight excluding hydrogens is 307 g/mol. The van der Waals surface area contributed by atoms with Crippen LogP contribution in [0.4, 0.5) is 0 Å². The van der Waals surface area contributed by atoms with Crippen LogP contribution in [-0.2, 0) is 0 Å². The fraction of sp³-hybridized carbons (Fsp3) is 0.333. The molecule has 6 heteroatoms. The molecule has 0 saturated heterocycles. The Morgan fingerprint density at radius 2 is 2.33 bits per heavy atom. The van der Waals surface area contributed by atoms with Crippen molar-refractivity contribution in [3.63, 3.8) is 0 Å². The molecule has 1 heterocycles. The van der Waals surface area contributed by atoms with Crippen LogP contribution >= 0.6 is 22.9 Å². The number of aromatic nitrogens is 1. The van der Waals surface area contributed by atoms with Crippen molar-refractivity contribution in [2.75, 3.05) is 21.2 Å². The minimum atomic E-state index is 0.578. The summed E-state index contributed by atoms with van der Waals surface area (Å²) in [5.41, 5.74) is 3.51. The summed E-state index contributed by atoms with van der Waals surface area (Å²) in [7, 11) is 5.24. The quantitative estimate of drug-likeness (QED) is 0.299. The summed E-state index contributed by atoms with van der Waals surface area (Å²) < 4.78 is 6.91. The van der Waals surface area contributed by atoms with Crippen LogP contribution in [0.25, 0.3) is 0 Å². The van der Waals surface area contributed by atoms with Crippen molar-refractivity contribution in [2.24, 2.45) is 5.10 Å². The van der Waals surface area contributed by atoms with Crippen molar-refractivity contribution < 1.29 is 4.74 Å². The highest BCUT2D eigenvalue weighted by Crippen LogP contribution is 2.10. The van der Waals surface area contributed by atoms with Gasteiger partial charge in [0, 0.05) is 20.2 Å². The Balaban J connectivity index is 3.06. The molecule has 1 aromatic rings. The van der Waals surface area contributed by atoms with Gasteiger partial charge in [0.15, 0.2) is 5.84 Å². The summed E-state index contributed by atoms with van der Waals surface area (Å²) >= 11 is 2.14. The zero-order valence-electron chi connectivity index (χ0n) is 8.86. The Labute approximate surface area is 103 Å². The maximum Gasteiger partial charge on any atom is 0.213 e. The van der Waals surface area contributed by atoms with Gasteiger partial charge in [0.1, 0.15) is 5.69 Å². The molecule has 0 atom stereocenters.